The number of carboxylic acid groups (broad SMARTS) is 1. The normalized spacial score (nSPS) is 22.7. The Bertz CT molecular complexity index is 433. The minimum Gasteiger partial charge on any atom is -0.481 e. The van der Waals surface area contributed by atoms with E-state index in [0.717, 1.165) is 12.0 Å². The fraction of sp³-hybridized carbons (Fsp3) is 0.462. The van der Waals surface area contributed by atoms with Gasteiger partial charge in [-0.25, -0.2) is 0 Å². The third-order valence-corrected chi connectivity index (χ3v) is 3.39. The molecule has 2 atom stereocenters. The van der Waals surface area contributed by atoms with Crippen LogP contribution >= 0.6 is 0 Å². The van der Waals surface area contributed by atoms with Gasteiger partial charge in [0.15, 0.2) is 0 Å². The Balaban J connectivity index is 1.90. The lowest BCUT2D eigenvalue weighted by Crippen LogP contribution is -2.34. The molecular formula is C13H16N2O3. The molecular weight excluding hydrogens is 232 g/mol. The molecule has 0 aromatic carbocycles. The zero-order chi connectivity index (χ0) is 13.0. The van der Waals surface area contributed by atoms with Crippen LogP contribution in [0.2, 0.25) is 0 Å². The Morgan fingerprint density at radius 1 is 1.28 bits per heavy atom. The molecule has 1 fully saturated rings. The number of nitrogens with one attached hydrogen (secondary N) is 1. The van der Waals surface area contributed by atoms with E-state index in [1.807, 2.05) is 12.1 Å². The molecule has 1 aromatic rings. The second kappa shape index (κ2) is 5.62. The molecule has 1 aliphatic carbocycles. The highest BCUT2D eigenvalue weighted by Crippen LogP contribution is 2.32. The van der Waals surface area contributed by atoms with Crippen LogP contribution in [0.5, 0.6) is 0 Å². The number of nitrogens with zero attached hydrogens (tertiary/aromatic N) is 1. The average Bonchev–Trinajstić information content (AvgIpc) is 2.86. The average molecular weight is 248 g/mol. The van der Waals surface area contributed by atoms with Crippen molar-refractivity contribution in [3.8, 4) is 0 Å². The molecule has 2 rings (SSSR count). The van der Waals surface area contributed by atoms with Crippen molar-refractivity contribution < 1.29 is 14.7 Å². The molecule has 1 saturated carbocycles. The van der Waals surface area contributed by atoms with Crippen molar-refractivity contribution in [1.29, 1.82) is 0 Å². The van der Waals surface area contributed by atoms with Crippen LogP contribution in [0.4, 0.5) is 0 Å². The summed E-state index contributed by atoms with van der Waals surface area (Å²) in [5.41, 5.74) is 0.961. The van der Waals surface area contributed by atoms with E-state index in [0.29, 0.717) is 19.4 Å². The molecule has 0 bridgehead atoms. The van der Waals surface area contributed by atoms with E-state index in [2.05, 4.69) is 10.3 Å². The number of hydrogen-bond donors (Lipinski definition) is 2. The standard InChI is InChI=1S/C13H16N2O3/c16-12(10-2-1-3-11(10)13(17)18)15-8-9-4-6-14-7-5-9/h4-7,10-11H,1-3,8H2,(H,15,16)(H,17,18). The molecule has 0 spiro atoms. The topological polar surface area (TPSA) is 79.3 Å². The second-order valence-corrected chi connectivity index (χ2v) is 4.56. The maximum atomic E-state index is 11.9. The lowest BCUT2D eigenvalue weighted by molar-refractivity contribution is -0.146. The quantitative estimate of drug-likeness (QED) is 0.839. The van der Waals surface area contributed by atoms with E-state index in [4.69, 9.17) is 5.11 Å². The minimum atomic E-state index is -0.864. The Morgan fingerprint density at radius 2 is 1.94 bits per heavy atom. The largest absolute Gasteiger partial charge is 0.481 e. The molecule has 2 unspecified atom stereocenters. The van der Waals surface area contributed by atoms with Crippen molar-refractivity contribution in [3.63, 3.8) is 0 Å². The van der Waals surface area contributed by atoms with Crippen LogP contribution in [0.1, 0.15) is 24.8 Å². The molecule has 0 radical (unpaired) electrons. The van der Waals surface area contributed by atoms with Crippen molar-refractivity contribution in [1.82, 2.24) is 10.3 Å². The smallest absolute Gasteiger partial charge is 0.307 e. The Morgan fingerprint density at radius 3 is 2.61 bits per heavy atom. The van der Waals surface area contributed by atoms with Gasteiger partial charge in [0.1, 0.15) is 0 Å². The van der Waals surface area contributed by atoms with Crippen molar-refractivity contribution in [3.05, 3.63) is 30.1 Å². The van der Waals surface area contributed by atoms with E-state index >= 15 is 0 Å². The maximum absolute atomic E-state index is 11.9. The molecule has 1 aromatic heterocycles. The number of carboxylic acids is 1. The van der Waals surface area contributed by atoms with Crippen LogP contribution in [0, 0.1) is 11.8 Å². The van der Waals surface area contributed by atoms with Gasteiger partial charge in [0.05, 0.1) is 11.8 Å². The first-order valence-corrected chi connectivity index (χ1v) is 6.08. The highest BCUT2D eigenvalue weighted by molar-refractivity contribution is 5.85. The molecule has 2 N–H and O–H groups in total. The van der Waals surface area contributed by atoms with Gasteiger partial charge in [0, 0.05) is 18.9 Å². The number of rotatable bonds is 4. The fourth-order valence-electron chi connectivity index (χ4n) is 2.39. The monoisotopic (exact) mass is 248 g/mol. The third-order valence-electron chi connectivity index (χ3n) is 3.39. The predicted octanol–water partition coefficient (Wildman–Crippen LogP) is 1.20. The van der Waals surface area contributed by atoms with E-state index in [1.165, 1.54) is 0 Å². The summed E-state index contributed by atoms with van der Waals surface area (Å²) in [7, 11) is 0. The SMILES string of the molecule is O=C(O)C1CCCC1C(=O)NCc1ccncc1. The zero-order valence-corrected chi connectivity index (χ0v) is 10.0. The summed E-state index contributed by atoms with van der Waals surface area (Å²) >= 11 is 0. The molecule has 5 heteroatoms. The van der Waals surface area contributed by atoms with Crippen LogP contribution in [0.15, 0.2) is 24.5 Å². The second-order valence-electron chi connectivity index (χ2n) is 4.56. The van der Waals surface area contributed by atoms with Gasteiger partial charge >= 0.3 is 5.97 Å². The maximum Gasteiger partial charge on any atom is 0.307 e. The van der Waals surface area contributed by atoms with Crippen molar-refractivity contribution in [2.45, 2.75) is 25.8 Å². The fourth-order valence-corrected chi connectivity index (χ4v) is 2.39. The van der Waals surface area contributed by atoms with Crippen molar-refractivity contribution in [2.24, 2.45) is 11.8 Å². The van der Waals surface area contributed by atoms with Gasteiger partial charge in [-0.2, -0.15) is 0 Å². The van der Waals surface area contributed by atoms with Gasteiger partial charge in [0.25, 0.3) is 0 Å². The summed E-state index contributed by atoms with van der Waals surface area (Å²) in [6.07, 6.45) is 5.40. The summed E-state index contributed by atoms with van der Waals surface area (Å²) in [5.74, 6) is -1.93. The van der Waals surface area contributed by atoms with Crippen molar-refractivity contribution in [2.75, 3.05) is 0 Å². The van der Waals surface area contributed by atoms with Gasteiger partial charge in [-0.15, -0.1) is 0 Å². The Kier molecular flexibility index (Phi) is 3.92. The summed E-state index contributed by atoms with van der Waals surface area (Å²) in [5, 5.41) is 11.8. The van der Waals surface area contributed by atoms with Crippen LogP contribution in [-0.2, 0) is 16.1 Å². The molecule has 96 valence electrons. The summed E-state index contributed by atoms with van der Waals surface area (Å²) in [6, 6.07) is 3.65. The number of aromatic nitrogens is 1. The van der Waals surface area contributed by atoms with Crippen LogP contribution in [-0.4, -0.2) is 22.0 Å². The summed E-state index contributed by atoms with van der Waals surface area (Å²) in [4.78, 5) is 26.8. The van der Waals surface area contributed by atoms with Gasteiger partial charge in [-0.3, -0.25) is 14.6 Å². The van der Waals surface area contributed by atoms with Gasteiger partial charge in [-0.05, 0) is 30.5 Å². The first kappa shape index (κ1) is 12.5. The molecule has 1 heterocycles. The molecule has 5 nitrogen and oxygen atoms in total. The van der Waals surface area contributed by atoms with Crippen molar-refractivity contribution >= 4 is 11.9 Å². The minimum absolute atomic E-state index is 0.156. The molecule has 0 aliphatic heterocycles. The van der Waals surface area contributed by atoms with E-state index in [1.54, 1.807) is 12.4 Å². The molecule has 1 amide bonds. The van der Waals surface area contributed by atoms with E-state index in [9.17, 15) is 9.59 Å². The molecule has 1 aliphatic rings. The molecule has 0 saturated heterocycles. The number of carbonyl (C=O) groups excluding carboxylic acids is 1. The predicted molar refractivity (Wildman–Crippen MR) is 64.6 cm³/mol. The summed E-state index contributed by atoms with van der Waals surface area (Å²) < 4.78 is 0. The third kappa shape index (κ3) is 2.85. The number of hydrogen-bond acceptors (Lipinski definition) is 3. The number of carbonyl (C=O) groups is 2. The zero-order valence-electron chi connectivity index (χ0n) is 10.0. The van der Waals surface area contributed by atoms with Gasteiger partial charge < -0.3 is 10.4 Å². The lowest BCUT2D eigenvalue weighted by Gasteiger charge is -2.15. The number of amides is 1. The van der Waals surface area contributed by atoms with Crippen LogP contribution in [0.25, 0.3) is 0 Å². The van der Waals surface area contributed by atoms with Crippen LogP contribution in [0.3, 0.4) is 0 Å². The van der Waals surface area contributed by atoms with Gasteiger partial charge in [0.2, 0.25) is 5.91 Å². The highest BCUT2D eigenvalue weighted by atomic mass is 16.4. The Labute approximate surface area is 105 Å². The van der Waals surface area contributed by atoms with E-state index < -0.39 is 11.9 Å². The van der Waals surface area contributed by atoms with Crippen LogP contribution < -0.4 is 5.32 Å². The number of pyridine rings is 1. The first-order valence-electron chi connectivity index (χ1n) is 6.08. The Hall–Kier alpha value is -1.91. The first-order chi connectivity index (χ1) is 8.68. The lowest BCUT2D eigenvalue weighted by atomic mass is 9.95. The number of aliphatic carboxylic acids is 1. The molecule has 18 heavy (non-hydrogen) atoms. The summed E-state index contributed by atoms with van der Waals surface area (Å²) in [6.45, 7) is 0.421. The van der Waals surface area contributed by atoms with E-state index in [-0.39, 0.29) is 11.8 Å². The highest BCUT2D eigenvalue weighted by Gasteiger charge is 2.37. The van der Waals surface area contributed by atoms with Gasteiger partial charge in [-0.1, -0.05) is 6.42 Å².